The second kappa shape index (κ2) is 9.30. The third-order valence-corrected chi connectivity index (χ3v) is 8.61. The first-order valence-electron chi connectivity index (χ1n) is 12.6. The molecule has 2 aliphatic heterocycles. The topological polar surface area (TPSA) is 86.9 Å². The monoisotopic (exact) mass is 495 g/mol. The van der Waals surface area contributed by atoms with Gasteiger partial charge in [0.2, 0.25) is 5.91 Å². The van der Waals surface area contributed by atoms with Gasteiger partial charge in [-0.25, -0.2) is 0 Å². The van der Waals surface area contributed by atoms with Crippen LogP contribution in [0.3, 0.4) is 0 Å². The molecule has 1 amide bonds. The summed E-state index contributed by atoms with van der Waals surface area (Å²) < 4.78 is 40.1. The molecule has 2 fully saturated rings. The largest absolute Gasteiger partial charge is 0.481 e. The number of nitrogen functional groups attached to an aromatic ring is 1. The summed E-state index contributed by atoms with van der Waals surface area (Å²) in [6.07, 6.45) is -0.628. The van der Waals surface area contributed by atoms with Crippen LogP contribution in [-0.2, 0) is 28.7 Å². The molecule has 1 spiro atoms. The lowest BCUT2D eigenvalue weighted by Gasteiger charge is -2.34. The van der Waals surface area contributed by atoms with Crippen molar-refractivity contribution in [1.82, 2.24) is 9.80 Å². The molecule has 1 saturated carbocycles. The summed E-state index contributed by atoms with van der Waals surface area (Å²) in [7, 11) is 0. The van der Waals surface area contributed by atoms with Gasteiger partial charge in [0.15, 0.2) is 0 Å². The molecule has 5 atom stereocenters. The zero-order valence-corrected chi connectivity index (χ0v) is 20.7. The van der Waals surface area contributed by atoms with Crippen LogP contribution in [0.5, 0.6) is 0 Å². The van der Waals surface area contributed by atoms with Crippen molar-refractivity contribution < 1.29 is 27.9 Å². The standard InChI is InChI=1S/C26H36F3N3O3/c1-4-7-31(13-15(2)8-23(33)34)19-5-6-25(12-19)16(3)22-11-20-17(14-32(22)24(25)35)9-18(10-21(20)30)26(27,28)29/h9-10,15-16,19,22H,4-8,11-14,30H2,1-3H3,(H,33,34)/t15?,16?,19-,22?,25+/m1/s1. The van der Waals surface area contributed by atoms with Crippen LogP contribution in [-0.4, -0.2) is 52.0 Å². The maximum Gasteiger partial charge on any atom is 0.416 e. The molecule has 2 heterocycles. The number of nitrogens with zero attached hydrogens (tertiary/aromatic N) is 2. The van der Waals surface area contributed by atoms with Gasteiger partial charge in [0.05, 0.1) is 11.0 Å². The molecule has 35 heavy (non-hydrogen) atoms. The Hall–Kier alpha value is -2.29. The molecule has 9 heteroatoms. The molecule has 3 unspecified atom stereocenters. The SMILES string of the molecule is CCCN(CC(C)CC(=O)O)[C@@H]1CC[C@@]2(C1)C(=O)N1Cc3cc(C(F)(F)F)cc(N)c3CC1C2C. The molecular formula is C26H36F3N3O3. The number of benzene rings is 1. The highest BCUT2D eigenvalue weighted by molar-refractivity contribution is 5.87. The van der Waals surface area contributed by atoms with E-state index in [0.717, 1.165) is 43.5 Å². The minimum atomic E-state index is -4.48. The van der Waals surface area contributed by atoms with Crippen molar-refractivity contribution in [3.8, 4) is 0 Å². The van der Waals surface area contributed by atoms with Gasteiger partial charge in [-0.2, -0.15) is 13.2 Å². The molecule has 1 saturated heterocycles. The van der Waals surface area contributed by atoms with Crippen LogP contribution in [0.15, 0.2) is 12.1 Å². The molecule has 194 valence electrons. The van der Waals surface area contributed by atoms with Crippen molar-refractivity contribution in [3.63, 3.8) is 0 Å². The number of alkyl halides is 3. The van der Waals surface area contributed by atoms with Crippen LogP contribution in [0.2, 0.25) is 0 Å². The molecular weight excluding hydrogens is 459 g/mol. The van der Waals surface area contributed by atoms with Crippen molar-refractivity contribution in [2.24, 2.45) is 17.3 Å². The predicted octanol–water partition coefficient (Wildman–Crippen LogP) is 4.55. The van der Waals surface area contributed by atoms with Gasteiger partial charge in [-0.05, 0) is 73.7 Å². The highest BCUT2D eigenvalue weighted by atomic mass is 19.4. The van der Waals surface area contributed by atoms with Gasteiger partial charge in [0, 0.05) is 37.3 Å². The van der Waals surface area contributed by atoms with Crippen LogP contribution in [0, 0.1) is 17.3 Å². The summed E-state index contributed by atoms with van der Waals surface area (Å²) >= 11 is 0. The van der Waals surface area contributed by atoms with Crippen LogP contribution >= 0.6 is 0 Å². The number of rotatable bonds is 7. The number of amides is 1. The zero-order chi connectivity index (χ0) is 25.7. The maximum atomic E-state index is 13.8. The fraction of sp³-hybridized carbons (Fsp3) is 0.692. The molecule has 0 radical (unpaired) electrons. The van der Waals surface area contributed by atoms with Gasteiger partial charge in [0.25, 0.3) is 0 Å². The van der Waals surface area contributed by atoms with E-state index in [0.29, 0.717) is 24.9 Å². The summed E-state index contributed by atoms with van der Waals surface area (Å²) in [6, 6.07) is 2.29. The summed E-state index contributed by atoms with van der Waals surface area (Å²) in [5.74, 6) is -0.677. The van der Waals surface area contributed by atoms with Crippen molar-refractivity contribution in [2.75, 3.05) is 18.8 Å². The first-order valence-corrected chi connectivity index (χ1v) is 12.6. The summed E-state index contributed by atoms with van der Waals surface area (Å²) in [5, 5.41) is 9.16. The number of hydrogen-bond donors (Lipinski definition) is 2. The van der Waals surface area contributed by atoms with E-state index in [9.17, 15) is 22.8 Å². The van der Waals surface area contributed by atoms with Crippen molar-refractivity contribution in [2.45, 2.75) is 84.1 Å². The number of aliphatic carboxylic acids is 1. The number of anilines is 1. The van der Waals surface area contributed by atoms with Crippen molar-refractivity contribution in [1.29, 1.82) is 0 Å². The normalized spacial score (nSPS) is 29.1. The Kier molecular flexibility index (Phi) is 6.85. The Morgan fingerprint density at radius 3 is 2.71 bits per heavy atom. The van der Waals surface area contributed by atoms with Gasteiger partial charge >= 0.3 is 12.1 Å². The average molecular weight is 496 g/mol. The summed E-state index contributed by atoms with van der Waals surface area (Å²) in [6.45, 7) is 7.84. The molecule has 6 nitrogen and oxygen atoms in total. The van der Waals surface area contributed by atoms with Gasteiger partial charge < -0.3 is 20.6 Å². The van der Waals surface area contributed by atoms with Crippen LogP contribution < -0.4 is 5.73 Å². The lowest BCUT2D eigenvalue weighted by Crippen LogP contribution is -2.41. The van der Waals surface area contributed by atoms with Crippen LogP contribution in [0.4, 0.5) is 18.9 Å². The van der Waals surface area contributed by atoms with E-state index in [4.69, 9.17) is 10.8 Å². The number of hydrogen-bond acceptors (Lipinski definition) is 4. The second-order valence-corrected chi connectivity index (χ2v) is 10.9. The number of nitrogens with two attached hydrogens (primary N) is 1. The number of carboxylic acid groups (broad SMARTS) is 1. The van der Waals surface area contributed by atoms with Gasteiger partial charge in [-0.1, -0.05) is 20.8 Å². The van der Waals surface area contributed by atoms with E-state index >= 15 is 0 Å². The minimum absolute atomic E-state index is 0.0129. The summed E-state index contributed by atoms with van der Waals surface area (Å²) in [4.78, 5) is 29.1. The van der Waals surface area contributed by atoms with E-state index in [-0.39, 0.29) is 48.5 Å². The lowest BCUT2D eigenvalue weighted by molar-refractivity contribution is -0.139. The van der Waals surface area contributed by atoms with Gasteiger partial charge in [-0.15, -0.1) is 0 Å². The Bertz CT molecular complexity index is 998. The Morgan fingerprint density at radius 1 is 1.37 bits per heavy atom. The van der Waals surface area contributed by atoms with Crippen LogP contribution in [0.1, 0.15) is 69.6 Å². The number of carboxylic acids is 1. The molecule has 1 aromatic rings. The quantitative estimate of drug-likeness (QED) is 0.542. The fourth-order valence-electron chi connectivity index (χ4n) is 6.89. The third kappa shape index (κ3) is 4.63. The number of carbonyl (C=O) groups is 2. The number of carbonyl (C=O) groups excluding carboxylic acids is 1. The molecule has 0 aromatic heterocycles. The number of halogens is 3. The van der Waals surface area contributed by atoms with Gasteiger partial charge in [0.1, 0.15) is 0 Å². The van der Waals surface area contributed by atoms with E-state index in [1.54, 1.807) is 4.90 Å². The van der Waals surface area contributed by atoms with E-state index < -0.39 is 23.1 Å². The van der Waals surface area contributed by atoms with E-state index in [1.807, 2.05) is 6.92 Å². The maximum absolute atomic E-state index is 13.8. The second-order valence-electron chi connectivity index (χ2n) is 10.9. The molecule has 4 rings (SSSR count). The highest BCUT2D eigenvalue weighted by Crippen LogP contribution is 2.56. The van der Waals surface area contributed by atoms with Crippen molar-refractivity contribution in [3.05, 3.63) is 28.8 Å². The number of fused-ring (bicyclic) bond motifs is 2. The third-order valence-electron chi connectivity index (χ3n) is 8.61. The summed E-state index contributed by atoms with van der Waals surface area (Å²) in [5.41, 5.74) is 6.16. The molecule has 3 aliphatic rings. The minimum Gasteiger partial charge on any atom is -0.481 e. The molecule has 1 aliphatic carbocycles. The molecule has 1 aromatic carbocycles. The fourth-order valence-corrected chi connectivity index (χ4v) is 6.89. The molecule has 3 N–H and O–H groups in total. The smallest absolute Gasteiger partial charge is 0.416 e. The van der Waals surface area contributed by atoms with Crippen molar-refractivity contribution >= 4 is 17.6 Å². The first kappa shape index (κ1) is 25.8. The predicted molar refractivity (Wildman–Crippen MR) is 126 cm³/mol. The lowest BCUT2D eigenvalue weighted by atomic mass is 9.73. The average Bonchev–Trinajstić information content (AvgIpc) is 3.29. The molecule has 0 bridgehead atoms. The Balaban J connectivity index is 1.55. The first-order chi connectivity index (χ1) is 16.4. The van der Waals surface area contributed by atoms with E-state index in [2.05, 4.69) is 18.7 Å². The zero-order valence-electron chi connectivity index (χ0n) is 20.7. The van der Waals surface area contributed by atoms with Crippen LogP contribution in [0.25, 0.3) is 0 Å². The van der Waals surface area contributed by atoms with Gasteiger partial charge in [-0.3, -0.25) is 9.59 Å². The Labute approximate surface area is 204 Å². The Morgan fingerprint density at radius 2 is 2.09 bits per heavy atom. The van der Waals surface area contributed by atoms with E-state index in [1.165, 1.54) is 0 Å². The highest BCUT2D eigenvalue weighted by Gasteiger charge is 2.60.